The van der Waals surface area contributed by atoms with Gasteiger partial charge in [-0.3, -0.25) is 4.90 Å². The lowest BCUT2D eigenvalue weighted by atomic mass is 10.3. The summed E-state index contributed by atoms with van der Waals surface area (Å²) in [6.45, 7) is 2.57. The molecule has 1 fully saturated rings. The highest BCUT2D eigenvalue weighted by Gasteiger charge is 2.33. The monoisotopic (exact) mass is 219 g/mol. The molecule has 0 aromatic heterocycles. The predicted octanol–water partition coefficient (Wildman–Crippen LogP) is -0.661. The number of hydrogen-bond acceptors (Lipinski definition) is 5. The quantitative estimate of drug-likeness (QED) is 0.642. The second-order valence-electron chi connectivity index (χ2n) is 3.88. The lowest BCUT2D eigenvalue weighted by molar-refractivity contribution is -0.00461. The van der Waals surface area contributed by atoms with E-state index in [1.807, 2.05) is 0 Å². The van der Waals surface area contributed by atoms with Gasteiger partial charge in [-0.2, -0.15) is 0 Å². The number of aliphatic hydroxyl groups excluding tert-OH is 1. The normalized spacial score (nSPS) is 29.6. The maximum Gasteiger partial charge on any atom is 0.0971 e. The number of nitrogens with zero attached hydrogens (tertiary/aromatic N) is 1. The van der Waals surface area contributed by atoms with Gasteiger partial charge in [-0.05, 0) is 0 Å². The van der Waals surface area contributed by atoms with Gasteiger partial charge in [-0.25, -0.2) is 0 Å². The Morgan fingerprint density at radius 3 is 2.13 bits per heavy atom. The van der Waals surface area contributed by atoms with E-state index in [0.29, 0.717) is 13.2 Å². The highest BCUT2D eigenvalue weighted by molar-refractivity contribution is 4.86. The molecule has 1 aliphatic heterocycles. The van der Waals surface area contributed by atoms with Crippen LogP contribution in [0.1, 0.15) is 0 Å². The summed E-state index contributed by atoms with van der Waals surface area (Å²) in [5.74, 6) is 0. The number of ether oxygens (including phenoxy) is 3. The maximum absolute atomic E-state index is 9.58. The first kappa shape index (κ1) is 12.9. The molecule has 0 aromatic rings. The van der Waals surface area contributed by atoms with Crippen molar-refractivity contribution in [2.45, 2.75) is 18.3 Å². The molecule has 0 radical (unpaired) electrons. The Balaban J connectivity index is 2.33. The minimum Gasteiger partial charge on any atom is -0.389 e. The number of methoxy groups -OCH3 is 3. The summed E-state index contributed by atoms with van der Waals surface area (Å²) in [6.07, 6.45) is -0.238. The molecule has 1 saturated heterocycles. The number of aliphatic hydroxyl groups is 1. The first-order valence-electron chi connectivity index (χ1n) is 5.16. The molecule has 0 bridgehead atoms. The number of hydrogen-bond donors (Lipinski definition) is 1. The average molecular weight is 219 g/mol. The third kappa shape index (κ3) is 3.70. The van der Waals surface area contributed by atoms with Crippen LogP contribution in [0.5, 0.6) is 0 Å². The number of rotatable bonds is 6. The van der Waals surface area contributed by atoms with E-state index in [-0.39, 0.29) is 12.2 Å². The number of likely N-dealkylation sites (tertiary alicyclic amines) is 1. The van der Waals surface area contributed by atoms with Crippen molar-refractivity contribution in [3.8, 4) is 0 Å². The summed E-state index contributed by atoms with van der Waals surface area (Å²) >= 11 is 0. The van der Waals surface area contributed by atoms with Crippen LogP contribution in [-0.2, 0) is 14.2 Å². The van der Waals surface area contributed by atoms with E-state index in [1.54, 1.807) is 21.3 Å². The van der Waals surface area contributed by atoms with Crippen molar-refractivity contribution in [2.24, 2.45) is 0 Å². The highest BCUT2D eigenvalue weighted by atomic mass is 16.5. The fourth-order valence-electron chi connectivity index (χ4n) is 1.96. The first-order chi connectivity index (χ1) is 7.21. The van der Waals surface area contributed by atoms with Crippen molar-refractivity contribution >= 4 is 0 Å². The standard InChI is InChI=1S/C10H21NO4/c1-13-7-8(12)4-11-5-9(14-2)10(6-11)15-3/h8-10,12H,4-7H2,1-3H3. The zero-order valence-corrected chi connectivity index (χ0v) is 9.68. The van der Waals surface area contributed by atoms with Crippen LogP contribution in [0.3, 0.4) is 0 Å². The summed E-state index contributed by atoms with van der Waals surface area (Å²) in [4.78, 5) is 2.13. The fourth-order valence-corrected chi connectivity index (χ4v) is 1.96. The predicted molar refractivity (Wildman–Crippen MR) is 55.9 cm³/mol. The first-order valence-corrected chi connectivity index (χ1v) is 5.16. The van der Waals surface area contributed by atoms with Gasteiger partial charge in [0.1, 0.15) is 0 Å². The molecule has 0 aromatic carbocycles. The van der Waals surface area contributed by atoms with Gasteiger partial charge in [-0.1, -0.05) is 0 Å². The zero-order chi connectivity index (χ0) is 11.3. The maximum atomic E-state index is 9.58. The Morgan fingerprint density at radius 2 is 1.73 bits per heavy atom. The van der Waals surface area contributed by atoms with Gasteiger partial charge in [0.15, 0.2) is 0 Å². The highest BCUT2D eigenvalue weighted by Crippen LogP contribution is 2.15. The summed E-state index contributed by atoms with van der Waals surface area (Å²) in [5, 5.41) is 9.58. The van der Waals surface area contributed by atoms with Crippen molar-refractivity contribution in [3.05, 3.63) is 0 Å². The average Bonchev–Trinajstić information content (AvgIpc) is 2.60. The fraction of sp³-hybridized carbons (Fsp3) is 1.00. The molecular formula is C10H21NO4. The molecule has 5 nitrogen and oxygen atoms in total. The number of β-amino-alcohol motifs (C(OH)–C–C–N with tert-alkyl or cyclic N) is 1. The van der Waals surface area contributed by atoms with Gasteiger partial charge in [-0.15, -0.1) is 0 Å². The van der Waals surface area contributed by atoms with E-state index in [2.05, 4.69) is 4.90 Å². The third-order valence-electron chi connectivity index (χ3n) is 2.72. The van der Waals surface area contributed by atoms with Crippen molar-refractivity contribution in [3.63, 3.8) is 0 Å². The van der Waals surface area contributed by atoms with Crippen molar-refractivity contribution in [1.82, 2.24) is 4.90 Å². The van der Waals surface area contributed by atoms with Gasteiger partial charge >= 0.3 is 0 Å². The van der Waals surface area contributed by atoms with Crippen LogP contribution in [0.2, 0.25) is 0 Å². The molecule has 0 saturated carbocycles. The van der Waals surface area contributed by atoms with Crippen LogP contribution in [0.4, 0.5) is 0 Å². The summed E-state index contributed by atoms with van der Waals surface area (Å²) in [6, 6.07) is 0. The molecule has 0 spiro atoms. The molecule has 1 heterocycles. The van der Waals surface area contributed by atoms with Crippen LogP contribution in [0.25, 0.3) is 0 Å². The molecule has 1 N–H and O–H groups in total. The summed E-state index contributed by atoms with van der Waals surface area (Å²) in [7, 11) is 4.96. The second kappa shape index (κ2) is 6.40. The summed E-state index contributed by atoms with van der Waals surface area (Å²) < 4.78 is 15.5. The van der Waals surface area contributed by atoms with E-state index in [9.17, 15) is 5.11 Å². The van der Waals surface area contributed by atoms with E-state index in [0.717, 1.165) is 13.1 Å². The van der Waals surface area contributed by atoms with Gasteiger partial charge in [0, 0.05) is 41.0 Å². The molecule has 5 heteroatoms. The molecule has 3 unspecified atom stereocenters. The molecule has 1 rings (SSSR count). The third-order valence-corrected chi connectivity index (χ3v) is 2.72. The lowest BCUT2D eigenvalue weighted by Crippen LogP contribution is -2.34. The lowest BCUT2D eigenvalue weighted by Gasteiger charge is -2.18. The Hall–Kier alpha value is -0.200. The Kier molecular flexibility index (Phi) is 5.49. The smallest absolute Gasteiger partial charge is 0.0971 e. The van der Waals surface area contributed by atoms with Crippen LogP contribution in [-0.4, -0.2) is 75.9 Å². The molecule has 3 atom stereocenters. The van der Waals surface area contributed by atoms with E-state index < -0.39 is 6.10 Å². The zero-order valence-electron chi connectivity index (χ0n) is 9.68. The Labute approximate surface area is 90.9 Å². The van der Waals surface area contributed by atoms with Crippen molar-refractivity contribution in [2.75, 3.05) is 47.6 Å². The van der Waals surface area contributed by atoms with Gasteiger partial charge in [0.05, 0.1) is 24.9 Å². The molecule has 0 aliphatic carbocycles. The molecule has 15 heavy (non-hydrogen) atoms. The topological polar surface area (TPSA) is 51.2 Å². The van der Waals surface area contributed by atoms with Gasteiger partial charge in [0.25, 0.3) is 0 Å². The molecule has 1 aliphatic rings. The second-order valence-corrected chi connectivity index (χ2v) is 3.88. The van der Waals surface area contributed by atoms with E-state index in [1.165, 1.54) is 0 Å². The minimum atomic E-state index is -0.442. The molecule has 90 valence electrons. The van der Waals surface area contributed by atoms with Crippen LogP contribution < -0.4 is 0 Å². The Bertz CT molecular complexity index is 167. The minimum absolute atomic E-state index is 0.102. The van der Waals surface area contributed by atoms with E-state index in [4.69, 9.17) is 14.2 Å². The van der Waals surface area contributed by atoms with Crippen molar-refractivity contribution < 1.29 is 19.3 Å². The van der Waals surface area contributed by atoms with Gasteiger partial charge in [0.2, 0.25) is 0 Å². The summed E-state index contributed by atoms with van der Waals surface area (Å²) in [5.41, 5.74) is 0. The van der Waals surface area contributed by atoms with Crippen molar-refractivity contribution in [1.29, 1.82) is 0 Å². The largest absolute Gasteiger partial charge is 0.389 e. The van der Waals surface area contributed by atoms with E-state index >= 15 is 0 Å². The van der Waals surface area contributed by atoms with Crippen LogP contribution >= 0.6 is 0 Å². The Morgan fingerprint density at radius 1 is 1.20 bits per heavy atom. The van der Waals surface area contributed by atoms with Crippen LogP contribution in [0, 0.1) is 0 Å². The molecular weight excluding hydrogens is 198 g/mol. The molecule has 0 amide bonds. The van der Waals surface area contributed by atoms with Gasteiger partial charge < -0.3 is 19.3 Å². The van der Waals surface area contributed by atoms with Crippen LogP contribution in [0.15, 0.2) is 0 Å². The SMILES string of the molecule is COCC(O)CN1CC(OC)C(OC)C1.